The number of aryl methyl sites for hydroxylation is 2. The van der Waals surface area contributed by atoms with Crippen molar-refractivity contribution < 1.29 is 17.9 Å². The Morgan fingerprint density at radius 2 is 1.78 bits per heavy atom. The van der Waals surface area contributed by atoms with Crippen molar-refractivity contribution in [2.45, 2.75) is 13.8 Å². The van der Waals surface area contributed by atoms with E-state index in [9.17, 15) is 13.2 Å². The number of amides is 1. The summed E-state index contributed by atoms with van der Waals surface area (Å²) in [6.45, 7) is 3.24. The van der Waals surface area contributed by atoms with Crippen LogP contribution in [-0.2, 0) is 14.8 Å². The van der Waals surface area contributed by atoms with Crippen LogP contribution in [0.1, 0.15) is 16.7 Å². The van der Waals surface area contributed by atoms with E-state index in [0.717, 1.165) is 21.7 Å². The van der Waals surface area contributed by atoms with Gasteiger partial charge in [-0.15, -0.1) is 0 Å². The molecule has 27 heavy (non-hydrogen) atoms. The number of para-hydroxylation sites is 2. The van der Waals surface area contributed by atoms with Gasteiger partial charge in [-0.1, -0.05) is 30.3 Å². The number of benzene rings is 2. The lowest BCUT2D eigenvalue weighted by Gasteiger charge is -2.25. The van der Waals surface area contributed by atoms with Crippen LogP contribution in [0.15, 0.2) is 47.6 Å². The molecule has 1 N–H and O–H groups in total. The third-order valence-electron chi connectivity index (χ3n) is 3.91. The van der Waals surface area contributed by atoms with E-state index in [1.807, 2.05) is 18.2 Å². The van der Waals surface area contributed by atoms with Gasteiger partial charge in [0.15, 0.2) is 0 Å². The van der Waals surface area contributed by atoms with Crippen molar-refractivity contribution in [3.05, 3.63) is 59.2 Å². The van der Waals surface area contributed by atoms with Crippen LogP contribution in [0.2, 0.25) is 0 Å². The lowest BCUT2D eigenvalue weighted by molar-refractivity contribution is -0.119. The summed E-state index contributed by atoms with van der Waals surface area (Å²) in [4.78, 5) is 12.3. The summed E-state index contributed by atoms with van der Waals surface area (Å²) in [7, 11) is -2.10. The molecule has 0 heterocycles. The van der Waals surface area contributed by atoms with Crippen LogP contribution in [-0.4, -0.2) is 40.4 Å². The van der Waals surface area contributed by atoms with Gasteiger partial charge in [-0.2, -0.15) is 5.10 Å². The fraction of sp³-hybridized carbons (Fsp3) is 0.263. The molecule has 0 saturated carbocycles. The van der Waals surface area contributed by atoms with Crippen LogP contribution in [0.5, 0.6) is 5.75 Å². The van der Waals surface area contributed by atoms with E-state index >= 15 is 0 Å². The Labute approximate surface area is 159 Å². The number of hydrogen-bond acceptors (Lipinski definition) is 5. The van der Waals surface area contributed by atoms with E-state index < -0.39 is 15.9 Å². The van der Waals surface area contributed by atoms with Gasteiger partial charge in [0, 0.05) is 5.56 Å². The zero-order valence-corrected chi connectivity index (χ0v) is 16.6. The average Bonchev–Trinajstić information content (AvgIpc) is 2.60. The number of sulfonamides is 1. The average molecular weight is 389 g/mol. The molecule has 0 radical (unpaired) electrons. The van der Waals surface area contributed by atoms with Crippen LogP contribution in [0.3, 0.4) is 0 Å². The summed E-state index contributed by atoms with van der Waals surface area (Å²) in [5.41, 5.74) is 5.09. The van der Waals surface area contributed by atoms with Crippen LogP contribution in [0.25, 0.3) is 0 Å². The third kappa shape index (κ3) is 5.30. The monoisotopic (exact) mass is 389 g/mol. The Hall–Kier alpha value is -2.87. The Bertz CT molecular complexity index is 935. The maximum Gasteiger partial charge on any atom is 0.260 e. The first-order valence-corrected chi connectivity index (χ1v) is 10.1. The molecule has 144 valence electrons. The highest BCUT2D eigenvalue weighted by Crippen LogP contribution is 2.26. The molecule has 0 saturated heterocycles. The standard InChI is InChI=1S/C19H23N3O4S/c1-14-8-7-9-15(2)19(14)22(27(4,24)25)13-18(23)21-20-12-16-10-5-6-11-17(16)26-3/h5-12H,13H2,1-4H3,(H,21,23)/b20-12-. The van der Waals surface area contributed by atoms with Gasteiger partial charge in [-0.25, -0.2) is 13.8 Å². The first-order chi connectivity index (χ1) is 12.7. The summed E-state index contributed by atoms with van der Waals surface area (Å²) in [6, 6.07) is 12.6. The van der Waals surface area contributed by atoms with Gasteiger partial charge in [0.05, 0.1) is 25.3 Å². The van der Waals surface area contributed by atoms with Crippen LogP contribution in [0.4, 0.5) is 5.69 Å². The fourth-order valence-corrected chi connectivity index (χ4v) is 3.65. The molecule has 0 aliphatic carbocycles. The van der Waals surface area contributed by atoms with Gasteiger partial charge in [0.1, 0.15) is 12.3 Å². The number of nitrogens with one attached hydrogen (secondary N) is 1. The van der Waals surface area contributed by atoms with Gasteiger partial charge in [-0.3, -0.25) is 9.10 Å². The largest absolute Gasteiger partial charge is 0.496 e. The topological polar surface area (TPSA) is 88.1 Å². The Kier molecular flexibility index (Phi) is 6.57. The highest BCUT2D eigenvalue weighted by Gasteiger charge is 2.23. The van der Waals surface area contributed by atoms with E-state index in [1.54, 1.807) is 45.2 Å². The Morgan fingerprint density at radius 1 is 1.15 bits per heavy atom. The third-order valence-corrected chi connectivity index (χ3v) is 5.02. The van der Waals surface area contributed by atoms with Gasteiger partial charge < -0.3 is 4.74 Å². The summed E-state index contributed by atoms with van der Waals surface area (Å²) in [6.07, 6.45) is 2.52. The number of ether oxygens (including phenoxy) is 1. The molecule has 2 rings (SSSR count). The van der Waals surface area contributed by atoms with Crippen molar-refractivity contribution >= 4 is 27.8 Å². The molecule has 8 heteroatoms. The summed E-state index contributed by atoms with van der Waals surface area (Å²) in [5, 5.41) is 3.90. The van der Waals surface area contributed by atoms with E-state index in [0.29, 0.717) is 17.0 Å². The maximum absolute atomic E-state index is 12.3. The molecule has 0 unspecified atom stereocenters. The minimum Gasteiger partial charge on any atom is -0.496 e. The second-order valence-corrected chi connectivity index (χ2v) is 7.95. The second-order valence-electron chi connectivity index (χ2n) is 6.05. The molecular weight excluding hydrogens is 366 g/mol. The van der Waals surface area contributed by atoms with E-state index in [1.165, 1.54) is 6.21 Å². The number of carbonyl (C=O) groups is 1. The number of hydrazone groups is 1. The zero-order valence-electron chi connectivity index (χ0n) is 15.8. The first-order valence-electron chi connectivity index (χ1n) is 8.23. The molecule has 0 bridgehead atoms. The highest BCUT2D eigenvalue weighted by atomic mass is 32.2. The molecule has 0 fully saturated rings. The molecule has 0 aromatic heterocycles. The number of nitrogens with zero attached hydrogens (tertiary/aromatic N) is 2. The normalized spacial score (nSPS) is 11.4. The smallest absolute Gasteiger partial charge is 0.260 e. The van der Waals surface area contributed by atoms with Gasteiger partial charge in [0.2, 0.25) is 10.0 Å². The van der Waals surface area contributed by atoms with Gasteiger partial charge in [-0.05, 0) is 37.1 Å². The van der Waals surface area contributed by atoms with E-state index in [-0.39, 0.29) is 6.54 Å². The Morgan fingerprint density at radius 3 is 2.37 bits per heavy atom. The number of anilines is 1. The Balaban J connectivity index is 2.17. The van der Waals surface area contributed by atoms with Crippen LogP contribution >= 0.6 is 0 Å². The van der Waals surface area contributed by atoms with Crippen molar-refractivity contribution in [3.8, 4) is 5.75 Å². The van der Waals surface area contributed by atoms with Crippen LogP contribution < -0.4 is 14.5 Å². The molecule has 1 amide bonds. The number of rotatable bonds is 7. The highest BCUT2D eigenvalue weighted by molar-refractivity contribution is 7.92. The molecule has 2 aromatic carbocycles. The molecule has 0 spiro atoms. The number of carbonyl (C=O) groups excluding carboxylic acids is 1. The summed E-state index contributed by atoms with van der Waals surface area (Å²) < 4.78 is 30.8. The van der Waals surface area contributed by atoms with Gasteiger partial charge >= 0.3 is 0 Å². The molecule has 0 aliphatic rings. The van der Waals surface area contributed by atoms with Crippen molar-refractivity contribution in [2.24, 2.45) is 5.10 Å². The summed E-state index contributed by atoms with van der Waals surface area (Å²) in [5.74, 6) is 0.0676. The minimum absolute atomic E-state index is 0.367. The first kappa shape index (κ1) is 20.4. The van der Waals surface area contributed by atoms with Crippen LogP contribution in [0, 0.1) is 13.8 Å². The fourth-order valence-electron chi connectivity index (χ4n) is 2.67. The van der Waals surface area contributed by atoms with Crippen molar-refractivity contribution in [1.82, 2.24) is 5.43 Å². The predicted octanol–water partition coefficient (Wildman–Crippen LogP) is 2.23. The lowest BCUT2D eigenvalue weighted by Crippen LogP contribution is -2.39. The number of hydrogen-bond donors (Lipinski definition) is 1. The van der Waals surface area contributed by atoms with Crippen molar-refractivity contribution in [2.75, 3.05) is 24.2 Å². The predicted molar refractivity (Wildman–Crippen MR) is 107 cm³/mol. The molecular formula is C19H23N3O4S. The number of methoxy groups -OCH3 is 1. The SMILES string of the molecule is COc1ccccc1/C=N\NC(=O)CN(c1c(C)cccc1C)S(C)(=O)=O. The second kappa shape index (κ2) is 8.68. The molecule has 0 atom stereocenters. The van der Waals surface area contributed by atoms with Crippen molar-refractivity contribution in [1.29, 1.82) is 0 Å². The maximum atomic E-state index is 12.3. The quantitative estimate of drug-likeness (QED) is 0.581. The molecule has 0 aliphatic heterocycles. The molecule has 2 aromatic rings. The minimum atomic E-state index is -3.65. The lowest BCUT2D eigenvalue weighted by atomic mass is 10.1. The zero-order chi connectivity index (χ0) is 20.0. The van der Waals surface area contributed by atoms with Gasteiger partial charge in [0.25, 0.3) is 5.91 Å². The summed E-state index contributed by atoms with van der Waals surface area (Å²) >= 11 is 0. The van der Waals surface area contributed by atoms with E-state index in [2.05, 4.69) is 10.5 Å². The molecule has 7 nitrogen and oxygen atoms in total. The van der Waals surface area contributed by atoms with Crippen molar-refractivity contribution in [3.63, 3.8) is 0 Å². The van der Waals surface area contributed by atoms with E-state index in [4.69, 9.17) is 4.74 Å².